The monoisotopic (exact) mass is 292 g/mol. The fourth-order valence-electron chi connectivity index (χ4n) is 1.98. The van der Waals surface area contributed by atoms with Gasteiger partial charge < -0.3 is 9.84 Å². The van der Waals surface area contributed by atoms with E-state index in [0.717, 1.165) is 10.7 Å². The predicted octanol–water partition coefficient (Wildman–Crippen LogP) is 3.17. The van der Waals surface area contributed by atoms with Crippen molar-refractivity contribution in [2.45, 2.75) is 19.6 Å². The minimum Gasteiger partial charge on any atom is -0.487 e. The molecule has 2 aromatic heterocycles. The van der Waals surface area contributed by atoms with E-state index in [-0.39, 0.29) is 6.61 Å². The van der Waals surface area contributed by atoms with Gasteiger partial charge in [-0.2, -0.15) is 0 Å². The Morgan fingerprint density at radius 3 is 3.10 bits per heavy atom. The first kappa shape index (κ1) is 13.1. The third kappa shape index (κ3) is 2.52. The lowest BCUT2D eigenvalue weighted by atomic mass is 10.1. The van der Waals surface area contributed by atoms with Crippen LogP contribution < -0.4 is 4.74 Å². The van der Waals surface area contributed by atoms with Gasteiger partial charge in [0.1, 0.15) is 18.2 Å². The maximum absolute atomic E-state index is 13.3. The first-order chi connectivity index (χ1) is 9.63. The number of fused-ring (bicyclic) bond motifs is 1. The van der Waals surface area contributed by atoms with Crippen molar-refractivity contribution in [2.75, 3.05) is 0 Å². The Hall–Kier alpha value is -1.92. The smallest absolute Gasteiger partial charge is 0.193 e. The number of aliphatic hydroxyl groups excluding tert-OH is 1. The minimum atomic E-state index is -0.712. The number of rotatable bonds is 4. The largest absolute Gasteiger partial charge is 0.487 e. The maximum Gasteiger partial charge on any atom is 0.193 e. The number of aliphatic hydroxyl groups is 1. The number of aromatic nitrogens is 2. The molecule has 0 aliphatic heterocycles. The van der Waals surface area contributed by atoms with Crippen LogP contribution in [0, 0.1) is 5.82 Å². The van der Waals surface area contributed by atoms with Crippen molar-refractivity contribution < 1.29 is 14.2 Å². The molecule has 0 saturated carbocycles. The van der Waals surface area contributed by atoms with E-state index in [1.165, 1.54) is 29.5 Å². The molecule has 4 nitrogen and oxygen atoms in total. The third-order valence-electron chi connectivity index (χ3n) is 2.94. The highest BCUT2D eigenvalue weighted by Gasteiger charge is 2.11. The number of hydrogen-bond acceptors (Lipinski definition) is 4. The third-order valence-corrected chi connectivity index (χ3v) is 3.72. The van der Waals surface area contributed by atoms with Crippen molar-refractivity contribution in [3.8, 4) is 5.75 Å². The van der Waals surface area contributed by atoms with E-state index in [1.807, 2.05) is 22.2 Å². The molecular formula is C14H13FN2O2S. The van der Waals surface area contributed by atoms with E-state index in [4.69, 9.17) is 4.74 Å². The molecule has 0 aliphatic carbocycles. The van der Waals surface area contributed by atoms with Crippen LogP contribution in [0.5, 0.6) is 5.75 Å². The van der Waals surface area contributed by atoms with Crippen LogP contribution in [-0.2, 0) is 6.61 Å². The number of thiazole rings is 1. The van der Waals surface area contributed by atoms with Gasteiger partial charge in [0.05, 0.1) is 11.8 Å². The second-order valence-corrected chi connectivity index (χ2v) is 5.34. The molecule has 20 heavy (non-hydrogen) atoms. The Morgan fingerprint density at radius 1 is 1.50 bits per heavy atom. The summed E-state index contributed by atoms with van der Waals surface area (Å²) < 4.78 is 20.8. The summed E-state index contributed by atoms with van der Waals surface area (Å²) >= 11 is 1.54. The molecule has 6 heteroatoms. The highest BCUT2D eigenvalue weighted by Crippen LogP contribution is 2.26. The zero-order valence-corrected chi connectivity index (χ0v) is 11.6. The van der Waals surface area contributed by atoms with E-state index < -0.39 is 11.9 Å². The summed E-state index contributed by atoms with van der Waals surface area (Å²) in [6.07, 6.45) is 3.07. The lowest BCUT2D eigenvalue weighted by Crippen LogP contribution is -2.01. The van der Waals surface area contributed by atoms with Gasteiger partial charge in [-0.3, -0.25) is 4.40 Å². The van der Waals surface area contributed by atoms with Crippen molar-refractivity contribution in [2.24, 2.45) is 0 Å². The molecule has 0 unspecified atom stereocenters. The van der Waals surface area contributed by atoms with Gasteiger partial charge in [-0.15, -0.1) is 11.3 Å². The normalized spacial score (nSPS) is 12.8. The molecule has 1 N–H and O–H groups in total. The van der Waals surface area contributed by atoms with Crippen molar-refractivity contribution in [1.82, 2.24) is 9.38 Å². The van der Waals surface area contributed by atoms with Gasteiger partial charge in [0.15, 0.2) is 4.96 Å². The zero-order valence-electron chi connectivity index (χ0n) is 10.8. The van der Waals surface area contributed by atoms with Crippen LogP contribution in [-0.4, -0.2) is 14.5 Å². The Morgan fingerprint density at radius 2 is 2.35 bits per heavy atom. The van der Waals surface area contributed by atoms with Crippen molar-refractivity contribution >= 4 is 16.3 Å². The van der Waals surface area contributed by atoms with Crippen LogP contribution >= 0.6 is 11.3 Å². The Kier molecular flexibility index (Phi) is 3.42. The van der Waals surface area contributed by atoms with Gasteiger partial charge >= 0.3 is 0 Å². The van der Waals surface area contributed by atoms with Crippen molar-refractivity contribution in [3.05, 3.63) is 53.0 Å². The fraction of sp³-hybridized carbons (Fsp3) is 0.214. The van der Waals surface area contributed by atoms with E-state index in [2.05, 4.69) is 4.98 Å². The minimum absolute atomic E-state index is 0.234. The number of ether oxygens (including phenoxy) is 1. The molecule has 0 bridgehead atoms. The van der Waals surface area contributed by atoms with Gasteiger partial charge in [0.2, 0.25) is 0 Å². The maximum atomic E-state index is 13.3. The average Bonchev–Trinajstić information content (AvgIpc) is 2.96. The average molecular weight is 292 g/mol. The molecule has 3 rings (SSSR count). The second kappa shape index (κ2) is 5.22. The molecule has 104 valence electrons. The Bertz CT molecular complexity index is 707. The number of hydrogen-bond donors (Lipinski definition) is 1. The first-order valence-electron chi connectivity index (χ1n) is 6.15. The number of benzene rings is 1. The molecule has 0 amide bonds. The predicted molar refractivity (Wildman–Crippen MR) is 74.4 cm³/mol. The van der Waals surface area contributed by atoms with Crippen LogP contribution in [0.25, 0.3) is 4.96 Å². The quantitative estimate of drug-likeness (QED) is 0.803. The van der Waals surface area contributed by atoms with Gasteiger partial charge in [0.25, 0.3) is 0 Å². The van der Waals surface area contributed by atoms with Gasteiger partial charge in [-0.1, -0.05) is 0 Å². The van der Waals surface area contributed by atoms with Gasteiger partial charge in [-0.05, 0) is 19.1 Å². The molecule has 2 heterocycles. The molecular weight excluding hydrogens is 279 g/mol. The highest BCUT2D eigenvalue weighted by atomic mass is 32.1. The molecule has 0 aliphatic rings. The van der Waals surface area contributed by atoms with Crippen LogP contribution in [0.15, 0.2) is 36.0 Å². The number of imidazole rings is 1. The van der Waals surface area contributed by atoms with Gasteiger partial charge in [-0.25, -0.2) is 9.37 Å². The standard InChI is InChI=1S/C14H13FN2O2S/c1-9(18)12-3-2-10(15)6-13(12)19-8-11-7-17-4-5-20-14(17)16-11/h2-7,9,18H,8H2,1H3/t9-/m0/s1. The van der Waals surface area contributed by atoms with Crippen LogP contribution in [0.3, 0.4) is 0 Å². The molecule has 1 aromatic carbocycles. The van der Waals surface area contributed by atoms with E-state index in [0.29, 0.717) is 11.3 Å². The first-order valence-corrected chi connectivity index (χ1v) is 7.03. The second-order valence-electron chi connectivity index (χ2n) is 4.47. The van der Waals surface area contributed by atoms with Crippen LogP contribution in [0.4, 0.5) is 4.39 Å². The van der Waals surface area contributed by atoms with E-state index in [1.54, 1.807) is 6.92 Å². The molecule has 0 radical (unpaired) electrons. The summed E-state index contributed by atoms with van der Waals surface area (Å²) in [5.74, 6) is -0.0495. The SMILES string of the molecule is C[C@H](O)c1ccc(F)cc1OCc1cn2ccsc2n1. The zero-order chi connectivity index (χ0) is 14.1. The number of halogens is 1. The lowest BCUT2D eigenvalue weighted by molar-refractivity contribution is 0.189. The molecule has 0 fully saturated rings. The summed E-state index contributed by atoms with van der Waals surface area (Å²) in [5, 5.41) is 11.6. The highest BCUT2D eigenvalue weighted by molar-refractivity contribution is 7.15. The summed E-state index contributed by atoms with van der Waals surface area (Å²) in [6.45, 7) is 1.85. The van der Waals surface area contributed by atoms with Gasteiger partial charge in [0, 0.05) is 29.4 Å². The van der Waals surface area contributed by atoms with Crippen LogP contribution in [0.2, 0.25) is 0 Å². The molecule has 0 saturated heterocycles. The van der Waals surface area contributed by atoms with Crippen molar-refractivity contribution in [1.29, 1.82) is 0 Å². The summed E-state index contributed by atoms with van der Waals surface area (Å²) in [5.41, 5.74) is 1.32. The Labute approximate surface area is 119 Å². The van der Waals surface area contributed by atoms with Crippen molar-refractivity contribution in [3.63, 3.8) is 0 Å². The molecule has 3 aromatic rings. The fourth-order valence-corrected chi connectivity index (χ4v) is 2.69. The van der Waals surface area contributed by atoms with Crippen LogP contribution in [0.1, 0.15) is 24.3 Å². The molecule has 1 atom stereocenters. The number of nitrogens with zero attached hydrogens (tertiary/aromatic N) is 2. The lowest BCUT2D eigenvalue weighted by Gasteiger charge is -2.12. The van der Waals surface area contributed by atoms with E-state index in [9.17, 15) is 9.50 Å². The summed E-state index contributed by atoms with van der Waals surface area (Å²) in [7, 11) is 0. The summed E-state index contributed by atoms with van der Waals surface area (Å²) in [4.78, 5) is 5.27. The van der Waals surface area contributed by atoms with E-state index >= 15 is 0 Å². The Balaban J connectivity index is 1.80. The molecule has 0 spiro atoms. The topological polar surface area (TPSA) is 46.8 Å². The summed E-state index contributed by atoms with van der Waals surface area (Å²) in [6, 6.07) is 4.11.